The minimum absolute atomic E-state index is 0.0904. The van der Waals surface area contributed by atoms with Crippen molar-refractivity contribution in [3.8, 4) is 0 Å². The lowest BCUT2D eigenvalue weighted by Gasteiger charge is -2.12. The summed E-state index contributed by atoms with van der Waals surface area (Å²) in [6, 6.07) is 13.5. The number of carbonyl (C=O) groups excluding carboxylic acids is 1. The first-order valence-electron chi connectivity index (χ1n) is 8.39. The second kappa shape index (κ2) is 9.47. The summed E-state index contributed by atoms with van der Waals surface area (Å²) in [7, 11) is -1.95. The second-order valence-electron chi connectivity index (χ2n) is 5.73. The number of sulfone groups is 1. The minimum Gasteiger partial charge on any atom is -0.384 e. The molecule has 26 heavy (non-hydrogen) atoms. The maximum atomic E-state index is 12.5. The number of nitrogens with one attached hydrogen (secondary N) is 2. The van der Waals surface area contributed by atoms with Crippen molar-refractivity contribution >= 4 is 21.4 Å². The molecule has 1 amide bonds. The first-order valence-corrected chi connectivity index (χ1v) is 10.0. The summed E-state index contributed by atoms with van der Waals surface area (Å²) in [5, 5.41) is 6.11. The Kier molecular flexibility index (Phi) is 7.32. The fraction of sp³-hybridized carbons (Fsp3) is 0.316. The molecule has 0 aliphatic heterocycles. The highest BCUT2D eigenvalue weighted by atomic mass is 32.2. The number of methoxy groups -OCH3 is 1. The Morgan fingerprint density at radius 1 is 1.08 bits per heavy atom. The Balaban J connectivity index is 2.12. The molecule has 0 aliphatic carbocycles. The first-order chi connectivity index (χ1) is 12.5. The molecule has 2 aromatic carbocycles. The summed E-state index contributed by atoms with van der Waals surface area (Å²) >= 11 is 0. The van der Waals surface area contributed by atoms with Crippen molar-refractivity contribution in [1.29, 1.82) is 0 Å². The average molecular weight is 376 g/mol. The van der Waals surface area contributed by atoms with Crippen molar-refractivity contribution < 1.29 is 17.9 Å². The summed E-state index contributed by atoms with van der Waals surface area (Å²) in [5.41, 5.74) is 2.12. The van der Waals surface area contributed by atoms with Gasteiger partial charge in [0.15, 0.2) is 9.84 Å². The number of para-hydroxylation sites is 1. The molecule has 0 saturated heterocycles. The molecule has 2 aromatic rings. The summed E-state index contributed by atoms with van der Waals surface area (Å²) in [5.74, 6) is -0.373. The third kappa shape index (κ3) is 5.39. The van der Waals surface area contributed by atoms with E-state index in [4.69, 9.17) is 4.74 Å². The standard InChI is InChI=1S/C19H24N2O4S/c1-3-20-14-16-6-4-5-7-18(16)21-19(22)15-8-10-17(11-9-15)26(23,24)13-12-25-2/h4-11,20H,3,12-14H2,1-2H3,(H,21,22). The molecule has 0 radical (unpaired) electrons. The normalized spacial score (nSPS) is 11.3. The van der Waals surface area contributed by atoms with Crippen LogP contribution in [-0.2, 0) is 21.1 Å². The number of hydrogen-bond donors (Lipinski definition) is 2. The number of carbonyl (C=O) groups is 1. The summed E-state index contributed by atoms with van der Waals surface area (Å²) in [4.78, 5) is 12.7. The van der Waals surface area contributed by atoms with Crippen molar-refractivity contribution in [1.82, 2.24) is 5.32 Å². The molecule has 2 rings (SSSR count). The van der Waals surface area contributed by atoms with Crippen molar-refractivity contribution in [2.45, 2.75) is 18.4 Å². The lowest BCUT2D eigenvalue weighted by atomic mass is 10.1. The fourth-order valence-corrected chi connectivity index (χ4v) is 3.55. The molecule has 0 aromatic heterocycles. The van der Waals surface area contributed by atoms with Gasteiger partial charge in [0.2, 0.25) is 0 Å². The molecule has 0 bridgehead atoms. The van der Waals surface area contributed by atoms with Crippen molar-refractivity contribution in [3.05, 3.63) is 59.7 Å². The van der Waals surface area contributed by atoms with E-state index in [1.807, 2.05) is 31.2 Å². The molecule has 0 saturated carbocycles. The zero-order chi connectivity index (χ0) is 19.0. The third-order valence-electron chi connectivity index (χ3n) is 3.86. The van der Waals surface area contributed by atoms with Gasteiger partial charge in [0, 0.05) is 24.9 Å². The van der Waals surface area contributed by atoms with E-state index >= 15 is 0 Å². The SMILES string of the molecule is CCNCc1ccccc1NC(=O)c1ccc(S(=O)(=O)CCOC)cc1. The Morgan fingerprint density at radius 3 is 2.42 bits per heavy atom. The summed E-state index contributed by atoms with van der Waals surface area (Å²) in [6.45, 7) is 3.64. The van der Waals surface area contributed by atoms with Crippen LogP contribution in [0.25, 0.3) is 0 Å². The third-order valence-corrected chi connectivity index (χ3v) is 5.56. The van der Waals surface area contributed by atoms with E-state index < -0.39 is 9.84 Å². The second-order valence-corrected chi connectivity index (χ2v) is 7.84. The Labute approximate surface area is 154 Å². The molecule has 2 N–H and O–H groups in total. The molecule has 6 nitrogen and oxygen atoms in total. The van der Waals surface area contributed by atoms with Crippen LogP contribution in [0.5, 0.6) is 0 Å². The molecule has 0 aliphatic rings. The van der Waals surface area contributed by atoms with Crippen molar-refractivity contribution in [2.75, 3.05) is 31.3 Å². The van der Waals surface area contributed by atoms with Crippen LogP contribution >= 0.6 is 0 Å². The van der Waals surface area contributed by atoms with Crippen LogP contribution in [0, 0.1) is 0 Å². The smallest absolute Gasteiger partial charge is 0.255 e. The van der Waals surface area contributed by atoms with E-state index in [2.05, 4.69) is 10.6 Å². The van der Waals surface area contributed by atoms with Crippen LogP contribution in [0.15, 0.2) is 53.4 Å². The van der Waals surface area contributed by atoms with Crippen LogP contribution in [0.4, 0.5) is 5.69 Å². The Morgan fingerprint density at radius 2 is 1.77 bits per heavy atom. The largest absolute Gasteiger partial charge is 0.384 e. The molecule has 0 atom stereocenters. The number of rotatable bonds is 9. The molecule has 140 valence electrons. The Bertz CT molecular complexity index is 833. The van der Waals surface area contributed by atoms with E-state index in [-0.39, 0.29) is 23.2 Å². The lowest BCUT2D eigenvalue weighted by Crippen LogP contribution is -2.17. The predicted octanol–water partition coefficient (Wildman–Crippen LogP) is 2.47. The van der Waals surface area contributed by atoms with Crippen molar-refractivity contribution in [3.63, 3.8) is 0 Å². The predicted molar refractivity (Wildman–Crippen MR) is 102 cm³/mol. The van der Waals surface area contributed by atoms with Gasteiger partial charge in [-0.25, -0.2) is 8.42 Å². The monoisotopic (exact) mass is 376 g/mol. The number of amides is 1. The Hall–Kier alpha value is -2.22. The van der Waals surface area contributed by atoms with Crippen LogP contribution in [0.2, 0.25) is 0 Å². The highest BCUT2D eigenvalue weighted by Gasteiger charge is 2.15. The number of benzene rings is 2. The number of anilines is 1. The zero-order valence-electron chi connectivity index (χ0n) is 15.0. The van der Waals surface area contributed by atoms with Gasteiger partial charge in [-0.15, -0.1) is 0 Å². The van der Waals surface area contributed by atoms with Gasteiger partial charge in [0.1, 0.15) is 0 Å². The highest BCUT2D eigenvalue weighted by molar-refractivity contribution is 7.91. The maximum Gasteiger partial charge on any atom is 0.255 e. The van der Waals surface area contributed by atoms with Crippen molar-refractivity contribution in [2.24, 2.45) is 0 Å². The maximum absolute atomic E-state index is 12.5. The fourth-order valence-electron chi connectivity index (χ4n) is 2.38. The molecule has 0 heterocycles. The van der Waals surface area contributed by atoms with Gasteiger partial charge in [0.05, 0.1) is 17.3 Å². The van der Waals surface area contributed by atoms with E-state index in [1.165, 1.54) is 31.4 Å². The number of ether oxygens (including phenoxy) is 1. The molecule has 7 heteroatoms. The molecule has 0 spiro atoms. The van der Waals surface area contributed by atoms with Crippen LogP contribution in [0.1, 0.15) is 22.8 Å². The molecular formula is C19H24N2O4S. The zero-order valence-corrected chi connectivity index (χ0v) is 15.8. The van der Waals surface area contributed by atoms with E-state index in [0.717, 1.165) is 17.8 Å². The van der Waals surface area contributed by atoms with Gasteiger partial charge in [-0.1, -0.05) is 25.1 Å². The van der Waals surface area contributed by atoms with Crippen LogP contribution in [-0.4, -0.2) is 40.3 Å². The van der Waals surface area contributed by atoms with Gasteiger partial charge in [0.25, 0.3) is 5.91 Å². The molecule has 0 fully saturated rings. The van der Waals surface area contributed by atoms with E-state index in [9.17, 15) is 13.2 Å². The van der Waals surface area contributed by atoms with Gasteiger partial charge in [-0.3, -0.25) is 4.79 Å². The lowest BCUT2D eigenvalue weighted by molar-refractivity contribution is 0.102. The average Bonchev–Trinajstić information content (AvgIpc) is 2.66. The highest BCUT2D eigenvalue weighted by Crippen LogP contribution is 2.17. The van der Waals surface area contributed by atoms with Gasteiger partial charge >= 0.3 is 0 Å². The van der Waals surface area contributed by atoms with Gasteiger partial charge in [-0.05, 0) is 42.4 Å². The number of hydrogen-bond acceptors (Lipinski definition) is 5. The molecular weight excluding hydrogens is 352 g/mol. The topological polar surface area (TPSA) is 84.5 Å². The van der Waals surface area contributed by atoms with Crippen LogP contribution in [0.3, 0.4) is 0 Å². The quantitative estimate of drug-likeness (QED) is 0.702. The summed E-state index contributed by atoms with van der Waals surface area (Å²) < 4.78 is 29.1. The van der Waals surface area contributed by atoms with Gasteiger partial charge < -0.3 is 15.4 Å². The van der Waals surface area contributed by atoms with Gasteiger partial charge in [-0.2, -0.15) is 0 Å². The first kappa shape index (κ1) is 20.1. The van der Waals surface area contributed by atoms with E-state index in [0.29, 0.717) is 12.1 Å². The minimum atomic E-state index is -3.41. The molecule has 0 unspecified atom stereocenters. The van der Waals surface area contributed by atoms with E-state index in [1.54, 1.807) is 0 Å². The van der Waals surface area contributed by atoms with Crippen LogP contribution < -0.4 is 10.6 Å². The summed E-state index contributed by atoms with van der Waals surface area (Å²) in [6.07, 6.45) is 0.